The van der Waals surface area contributed by atoms with Gasteiger partial charge in [0, 0.05) is 42.5 Å². The molecule has 3 rings (SSSR count). The highest BCUT2D eigenvalue weighted by molar-refractivity contribution is 6.03. The predicted octanol–water partition coefficient (Wildman–Crippen LogP) is 1.91. The number of nitrogens with zero attached hydrogens (tertiary/aromatic N) is 4. The summed E-state index contributed by atoms with van der Waals surface area (Å²) < 4.78 is 0. The Hall–Kier alpha value is -3.42. The Morgan fingerprint density at radius 3 is 2.64 bits per heavy atom. The average Bonchev–Trinajstić information content (AvgIpc) is 2.63. The summed E-state index contributed by atoms with van der Waals surface area (Å²) >= 11 is 0. The largest absolute Gasteiger partial charge is 0.310 e. The molecule has 2 aromatic rings. The van der Waals surface area contributed by atoms with Crippen LogP contribution in [0.5, 0.6) is 0 Å². The van der Waals surface area contributed by atoms with E-state index in [4.69, 9.17) is 0 Å². The third kappa shape index (κ3) is 4.11. The van der Waals surface area contributed by atoms with E-state index in [1.54, 1.807) is 36.7 Å². The smallest absolute Gasteiger partial charge is 0.258 e. The quantitative estimate of drug-likeness (QED) is 0.886. The Morgan fingerprint density at radius 1 is 1.08 bits per heavy atom. The molecule has 0 spiro atoms. The molecular weight excluding hydrogens is 320 g/mol. The molecule has 25 heavy (non-hydrogen) atoms. The van der Waals surface area contributed by atoms with Gasteiger partial charge < -0.3 is 5.32 Å². The normalized spacial score (nSPS) is 18.6. The lowest BCUT2D eigenvalue weighted by Crippen LogP contribution is -2.29. The van der Waals surface area contributed by atoms with Gasteiger partial charge >= 0.3 is 0 Å². The van der Waals surface area contributed by atoms with Gasteiger partial charge in [0.1, 0.15) is 5.82 Å². The Bertz CT molecular complexity index is 834. The first kappa shape index (κ1) is 16.4. The van der Waals surface area contributed by atoms with Crippen molar-refractivity contribution in [2.24, 2.45) is 16.8 Å². The molecule has 0 saturated carbocycles. The minimum absolute atomic E-state index is 0.00213. The van der Waals surface area contributed by atoms with Gasteiger partial charge in [0.05, 0.1) is 5.92 Å². The van der Waals surface area contributed by atoms with Crippen LogP contribution in [-0.4, -0.2) is 33.0 Å². The van der Waals surface area contributed by atoms with Gasteiger partial charge in [-0.3, -0.25) is 24.9 Å². The number of aromatic nitrogens is 3. The molecule has 1 aliphatic heterocycles. The Balaban J connectivity index is 1.67. The van der Waals surface area contributed by atoms with Crippen LogP contribution >= 0.6 is 0 Å². The van der Waals surface area contributed by atoms with Crippen molar-refractivity contribution < 1.29 is 9.59 Å². The van der Waals surface area contributed by atoms with Gasteiger partial charge in [0.2, 0.25) is 11.9 Å². The topological polar surface area (TPSA) is 109 Å². The molecule has 0 aliphatic carbocycles. The Labute approximate surface area is 144 Å². The second-order valence-corrected chi connectivity index (χ2v) is 5.47. The van der Waals surface area contributed by atoms with Gasteiger partial charge in [-0.2, -0.15) is 4.98 Å². The Kier molecular flexibility index (Phi) is 4.89. The highest BCUT2D eigenvalue weighted by atomic mass is 16.2. The van der Waals surface area contributed by atoms with Crippen molar-refractivity contribution >= 4 is 29.8 Å². The molecule has 2 unspecified atom stereocenters. The molecule has 2 atom stereocenters. The zero-order valence-corrected chi connectivity index (χ0v) is 13.5. The summed E-state index contributed by atoms with van der Waals surface area (Å²) in [5.41, 5.74) is 0.438. The molecule has 2 amide bonds. The van der Waals surface area contributed by atoms with E-state index in [0.717, 1.165) is 0 Å². The fraction of sp³-hybridized carbons (Fsp3) is 0.176. The second-order valence-electron chi connectivity index (χ2n) is 5.47. The van der Waals surface area contributed by atoms with Crippen LogP contribution in [0.1, 0.15) is 17.3 Å². The molecule has 8 heteroatoms. The number of pyridine rings is 1. The number of nitrogens with one attached hydrogen (secondary N) is 2. The summed E-state index contributed by atoms with van der Waals surface area (Å²) in [7, 11) is 0. The van der Waals surface area contributed by atoms with Crippen LogP contribution < -0.4 is 10.6 Å². The first-order chi connectivity index (χ1) is 12.1. The number of anilines is 2. The number of amides is 2. The first-order valence-corrected chi connectivity index (χ1v) is 7.69. The van der Waals surface area contributed by atoms with E-state index in [9.17, 15) is 9.59 Å². The lowest BCUT2D eigenvalue weighted by atomic mass is 9.93. The zero-order chi connectivity index (χ0) is 17.6. The fourth-order valence-corrected chi connectivity index (χ4v) is 2.30. The maximum Gasteiger partial charge on any atom is 0.258 e. The summed E-state index contributed by atoms with van der Waals surface area (Å²) in [5, 5.41) is 5.32. The van der Waals surface area contributed by atoms with Crippen molar-refractivity contribution in [2.75, 3.05) is 10.6 Å². The second kappa shape index (κ2) is 7.43. The van der Waals surface area contributed by atoms with Gasteiger partial charge in [0.15, 0.2) is 0 Å². The van der Waals surface area contributed by atoms with E-state index in [1.807, 2.05) is 6.92 Å². The minimum Gasteiger partial charge on any atom is -0.310 e. The molecule has 2 N–H and O–H groups in total. The van der Waals surface area contributed by atoms with Gasteiger partial charge in [0.25, 0.3) is 5.91 Å². The van der Waals surface area contributed by atoms with Crippen molar-refractivity contribution in [1.82, 2.24) is 15.0 Å². The molecule has 3 heterocycles. The van der Waals surface area contributed by atoms with E-state index in [0.29, 0.717) is 11.4 Å². The molecular formula is C17H16N6O2. The van der Waals surface area contributed by atoms with E-state index < -0.39 is 0 Å². The molecule has 2 aromatic heterocycles. The van der Waals surface area contributed by atoms with E-state index in [2.05, 4.69) is 30.6 Å². The van der Waals surface area contributed by atoms with Crippen LogP contribution in [0.3, 0.4) is 0 Å². The van der Waals surface area contributed by atoms with Crippen LogP contribution in [0, 0.1) is 11.8 Å². The minimum atomic E-state index is -0.356. The van der Waals surface area contributed by atoms with Crippen LogP contribution in [-0.2, 0) is 4.79 Å². The molecule has 1 aliphatic rings. The maximum absolute atomic E-state index is 12.4. The van der Waals surface area contributed by atoms with Crippen molar-refractivity contribution in [3.05, 3.63) is 54.6 Å². The zero-order valence-electron chi connectivity index (χ0n) is 13.5. The number of aliphatic imine (C=N–C) groups is 1. The summed E-state index contributed by atoms with van der Waals surface area (Å²) in [6.45, 7) is 1.91. The lowest BCUT2D eigenvalue weighted by molar-refractivity contribution is -0.119. The molecule has 0 saturated heterocycles. The van der Waals surface area contributed by atoms with Gasteiger partial charge in [-0.15, -0.1) is 0 Å². The lowest BCUT2D eigenvalue weighted by Gasteiger charge is -2.18. The summed E-state index contributed by atoms with van der Waals surface area (Å²) in [4.78, 5) is 40.5. The van der Waals surface area contributed by atoms with Crippen molar-refractivity contribution in [1.29, 1.82) is 0 Å². The number of carbonyl (C=O) groups excluding carboxylic acids is 2. The third-order valence-electron chi connectivity index (χ3n) is 3.64. The maximum atomic E-state index is 12.4. The molecule has 0 bridgehead atoms. The van der Waals surface area contributed by atoms with Crippen LogP contribution in [0.25, 0.3) is 0 Å². The van der Waals surface area contributed by atoms with Gasteiger partial charge in [-0.1, -0.05) is 13.0 Å². The number of carbonyl (C=O) groups is 2. The van der Waals surface area contributed by atoms with E-state index in [1.165, 1.54) is 18.6 Å². The highest BCUT2D eigenvalue weighted by Gasteiger charge is 2.23. The fourth-order valence-electron chi connectivity index (χ4n) is 2.30. The van der Waals surface area contributed by atoms with Crippen LogP contribution in [0.2, 0.25) is 0 Å². The highest BCUT2D eigenvalue weighted by Crippen LogP contribution is 2.18. The molecule has 0 fully saturated rings. The van der Waals surface area contributed by atoms with Crippen molar-refractivity contribution in [3.8, 4) is 0 Å². The predicted molar refractivity (Wildman–Crippen MR) is 93.1 cm³/mol. The first-order valence-electron chi connectivity index (χ1n) is 7.69. The molecule has 0 aromatic carbocycles. The Morgan fingerprint density at radius 2 is 1.88 bits per heavy atom. The van der Waals surface area contributed by atoms with Crippen LogP contribution in [0.4, 0.5) is 11.8 Å². The molecule has 0 radical (unpaired) electrons. The summed E-state index contributed by atoms with van der Waals surface area (Å²) in [5.74, 6) is -0.451. The van der Waals surface area contributed by atoms with Crippen molar-refractivity contribution in [2.45, 2.75) is 6.92 Å². The average molecular weight is 336 g/mol. The number of hydrogen-bond acceptors (Lipinski definition) is 6. The summed E-state index contributed by atoms with van der Waals surface area (Å²) in [6, 6.07) is 4.73. The third-order valence-corrected chi connectivity index (χ3v) is 3.64. The summed E-state index contributed by atoms with van der Waals surface area (Å²) in [6.07, 6.45) is 9.58. The monoisotopic (exact) mass is 336 g/mol. The standard InChI is InChI=1S/C17H16N6O2/c1-11-10-19-8-4-13(11)16(25)21-14-5-9-20-17(22-14)23-15(24)12-2-6-18-7-3-12/h2-11,13H,1H3,(H2,20,21,22,23,24,25). The van der Waals surface area contributed by atoms with Gasteiger partial charge in [-0.05, 0) is 18.2 Å². The van der Waals surface area contributed by atoms with E-state index in [-0.39, 0.29) is 29.6 Å². The van der Waals surface area contributed by atoms with E-state index >= 15 is 0 Å². The molecule has 126 valence electrons. The number of hydrogen-bond donors (Lipinski definition) is 2. The van der Waals surface area contributed by atoms with Crippen LogP contribution in [0.15, 0.2) is 54.1 Å². The van der Waals surface area contributed by atoms with Gasteiger partial charge in [-0.25, -0.2) is 4.98 Å². The molecule has 8 nitrogen and oxygen atoms in total. The SMILES string of the molecule is CC1C=NC=CC1C(=O)Nc1ccnc(NC(=O)c2ccncc2)n1. The van der Waals surface area contributed by atoms with Crippen molar-refractivity contribution in [3.63, 3.8) is 0 Å². The number of rotatable bonds is 4.